The minimum Gasteiger partial charge on any atom is -0.369 e. The highest BCUT2D eigenvalue weighted by atomic mass is 79.9. The van der Waals surface area contributed by atoms with Crippen LogP contribution in [0.2, 0.25) is 0 Å². The van der Waals surface area contributed by atoms with Crippen molar-refractivity contribution in [1.82, 2.24) is 14.9 Å². The topological polar surface area (TPSA) is 39.1 Å². The van der Waals surface area contributed by atoms with Crippen molar-refractivity contribution in [2.45, 2.75) is 31.4 Å². The lowest BCUT2D eigenvalue weighted by Gasteiger charge is -2.22. The van der Waals surface area contributed by atoms with Gasteiger partial charge in [0.25, 0.3) is 0 Å². The Morgan fingerprint density at radius 2 is 2.36 bits per heavy atom. The summed E-state index contributed by atoms with van der Waals surface area (Å²) in [4.78, 5) is 4.44. The van der Waals surface area contributed by atoms with Crippen LogP contribution in [0.3, 0.4) is 0 Å². The largest absolute Gasteiger partial charge is 0.369 e. The van der Waals surface area contributed by atoms with Crippen LogP contribution in [0.15, 0.2) is 41.1 Å². The number of imidazole rings is 1. The van der Waals surface area contributed by atoms with E-state index in [1.54, 1.807) is 0 Å². The van der Waals surface area contributed by atoms with Crippen LogP contribution < -0.4 is 5.32 Å². The standard InChI is InChI=1S/C17H22BrN3O/c1-12(13-4-3-5-14(18)10-13)11-20-15-6-9-22-16(15)17-19-7-8-21(17)2/h3-5,7-8,10,12,15-16,20H,6,9,11H2,1-2H3/t12-,15+,16+/m1/s1. The van der Waals surface area contributed by atoms with E-state index in [0.29, 0.717) is 12.0 Å². The van der Waals surface area contributed by atoms with Gasteiger partial charge in [0, 0.05) is 43.1 Å². The maximum absolute atomic E-state index is 5.89. The van der Waals surface area contributed by atoms with E-state index >= 15 is 0 Å². The van der Waals surface area contributed by atoms with Gasteiger partial charge in [0.2, 0.25) is 0 Å². The van der Waals surface area contributed by atoms with Gasteiger partial charge in [-0.15, -0.1) is 0 Å². The van der Waals surface area contributed by atoms with Gasteiger partial charge in [0.1, 0.15) is 11.9 Å². The maximum atomic E-state index is 5.89. The summed E-state index contributed by atoms with van der Waals surface area (Å²) in [5, 5.41) is 3.67. The second-order valence-electron chi connectivity index (χ2n) is 5.95. The molecule has 1 fully saturated rings. The molecule has 2 aromatic rings. The molecule has 3 atom stereocenters. The molecule has 0 radical (unpaired) electrons. The number of hydrogen-bond acceptors (Lipinski definition) is 3. The van der Waals surface area contributed by atoms with Crippen molar-refractivity contribution in [2.24, 2.45) is 7.05 Å². The minimum absolute atomic E-state index is 0.0507. The molecule has 4 nitrogen and oxygen atoms in total. The predicted octanol–water partition coefficient (Wildman–Crippen LogP) is 3.41. The monoisotopic (exact) mass is 363 g/mol. The summed E-state index contributed by atoms with van der Waals surface area (Å²) >= 11 is 3.54. The summed E-state index contributed by atoms with van der Waals surface area (Å²) in [6, 6.07) is 8.85. The van der Waals surface area contributed by atoms with E-state index in [0.717, 1.165) is 29.9 Å². The fourth-order valence-corrected chi connectivity index (χ4v) is 3.38. The molecule has 0 unspecified atom stereocenters. The van der Waals surface area contributed by atoms with Crippen LogP contribution in [0.25, 0.3) is 0 Å². The van der Waals surface area contributed by atoms with Crippen LogP contribution in [-0.4, -0.2) is 28.7 Å². The molecule has 1 aromatic heterocycles. The Bertz CT molecular complexity index is 628. The van der Waals surface area contributed by atoms with Gasteiger partial charge in [-0.3, -0.25) is 0 Å². The summed E-state index contributed by atoms with van der Waals surface area (Å²) in [6.45, 7) is 3.98. The third-order valence-corrected chi connectivity index (χ3v) is 4.80. The molecule has 5 heteroatoms. The van der Waals surface area contributed by atoms with Crippen LogP contribution in [0.4, 0.5) is 0 Å². The van der Waals surface area contributed by atoms with E-state index in [-0.39, 0.29) is 6.10 Å². The zero-order valence-electron chi connectivity index (χ0n) is 13.0. The lowest BCUT2D eigenvalue weighted by atomic mass is 10.0. The number of nitrogens with zero attached hydrogens (tertiary/aromatic N) is 2. The van der Waals surface area contributed by atoms with Gasteiger partial charge in [-0.2, -0.15) is 0 Å². The minimum atomic E-state index is 0.0507. The first-order chi connectivity index (χ1) is 10.6. The zero-order chi connectivity index (χ0) is 15.5. The van der Waals surface area contributed by atoms with Gasteiger partial charge in [0.15, 0.2) is 0 Å². The van der Waals surface area contributed by atoms with Gasteiger partial charge >= 0.3 is 0 Å². The first-order valence-corrected chi connectivity index (χ1v) is 8.52. The lowest BCUT2D eigenvalue weighted by Crippen LogP contribution is -2.35. The normalized spacial score (nSPS) is 22.9. The molecule has 2 heterocycles. The molecule has 3 rings (SSSR count). The summed E-state index contributed by atoms with van der Waals surface area (Å²) < 4.78 is 9.07. The number of halogens is 1. The van der Waals surface area contributed by atoms with Crippen LogP contribution in [-0.2, 0) is 11.8 Å². The number of ether oxygens (including phenoxy) is 1. The lowest BCUT2D eigenvalue weighted by molar-refractivity contribution is 0.0894. The molecular weight excluding hydrogens is 342 g/mol. The highest BCUT2D eigenvalue weighted by Gasteiger charge is 2.32. The number of benzene rings is 1. The zero-order valence-corrected chi connectivity index (χ0v) is 14.6. The number of nitrogens with one attached hydrogen (secondary N) is 1. The molecule has 1 N–H and O–H groups in total. The molecule has 0 spiro atoms. The van der Waals surface area contributed by atoms with Crippen molar-refractivity contribution in [3.8, 4) is 0 Å². The predicted molar refractivity (Wildman–Crippen MR) is 90.9 cm³/mol. The SMILES string of the molecule is C[C@H](CN[C@H]1CCO[C@@H]1c1nccn1C)c1cccc(Br)c1. The molecule has 1 aromatic carbocycles. The third-order valence-electron chi connectivity index (χ3n) is 4.31. The molecule has 1 aliphatic rings. The van der Waals surface area contributed by atoms with Crippen molar-refractivity contribution >= 4 is 15.9 Å². The van der Waals surface area contributed by atoms with Crippen LogP contribution in [0.5, 0.6) is 0 Å². The third kappa shape index (κ3) is 3.42. The Labute approximate surface area is 140 Å². The Kier molecular flexibility index (Phi) is 4.96. The number of rotatable bonds is 5. The quantitative estimate of drug-likeness (QED) is 0.884. The van der Waals surface area contributed by atoms with Crippen molar-refractivity contribution in [1.29, 1.82) is 0 Å². The molecule has 0 amide bonds. The van der Waals surface area contributed by atoms with E-state index in [2.05, 4.69) is 57.4 Å². The molecule has 1 aliphatic heterocycles. The van der Waals surface area contributed by atoms with Crippen LogP contribution in [0.1, 0.15) is 36.8 Å². The first kappa shape index (κ1) is 15.7. The van der Waals surface area contributed by atoms with E-state index in [1.807, 2.05) is 24.0 Å². The van der Waals surface area contributed by atoms with E-state index in [1.165, 1.54) is 5.56 Å². The van der Waals surface area contributed by atoms with Gasteiger partial charge in [0.05, 0.1) is 0 Å². The highest BCUT2D eigenvalue weighted by Crippen LogP contribution is 2.28. The van der Waals surface area contributed by atoms with E-state index in [9.17, 15) is 0 Å². The fraction of sp³-hybridized carbons (Fsp3) is 0.471. The van der Waals surface area contributed by atoms with Gasteiger partial charge < -0.3 is 14.6 Å². The molecule has 0 saturated carbocycles. The second kappa shape index (κ2) is 6.94. The molecular formula is C17H22BrN3O. The maximum Gasteiger partial charge on any atom is 0.139 e. The van der Waals surface area contributed by atoms with Gasteiger partial charge in [-0.25, -0.2) is 4.98 Å². The summed E-state index contributed by atoms with van der Waals surface area (Å²) in [5.41, 5.74) is 1.34. The van der Waals surface area contributed by atoms with Crippen molar-refractivity contribution in [2.75, 3.05) is 13.2 Å². The van der Waals surface area contributed by atoms with Gasteiger partial charge in [-0.05, 0) is 30.0 Å². The van der Waals surface area contributed by atoms with Crippen LogP contribution in [0, 0.1) is 0 Å². The molecule has 0 bridgehead atoms. The summed E-state index contributed by atoms with van der Waals surface area (Å²) in [7, 11) is 2.02. The average Bonchev–Trinajstić information content (AvgIpc) is 3.12. The average molecular weight is 364 g/mol. The number of aromatic nitrogens is 2. The summed E-state index contributed by atoms with van der Waals surface area (Å²) in [5.74, 6) is 1.46. The van der Waals surface area contributed by atoms with E-state index < -0.39 is 0 Å². The Hall–Kier alpha value is -1.17. The number of hydrogen-bond donors (Lipinski definition) is 1. The molecule has 118 valence electrons. The highest BCUT2D eigenvalue weighted by molar-refractivity contribution is 9.10. The summed E-state index contributed by atoms with van der Waals surface area (Å²) in [6.07, 6.45) is 4.88. The number of aryl methyl sites for hydroxylation is 1. The van der Waals surface area contributed by atoms with Crippen molar-refractivity contribution in [3.63, 3.8) is 0 Å². The van der Waals surface area contributed by atoms with Crippen molar-refractivity contribution < 1.29 is 4.74 Å². The molecule has 22 heavy (non-hydrogen) atoms. The Balaban J connectivity index is 1.62. The van der Waals surface area contributed by atoms with Gasteiger partial charge in [-0.1, -0.05) is 35.0 Å². The van der Waals surface area contributed by atoms with E-state index in [4.69, 9.17) is 4.74 Å². The Morgan fingerprint density at radius 3 is 3.09 bits per heavy atom. The van der Waals surface area contributed by atoms with Crippen molar-refractivity contribution in [3.05, 3.63) is 52.5 Å². The van der Waals surface area contributed by atoms with Crippen LogP contribution >= 0.6 is 15.9 Å². The molecule has 1 saturated heterocycles. The fourth-order valence-electron chi connectivity index (χ4n) is 2.96. The Morgan fingerprint density at radius 1 is 1.50 bits per heavy atom. The smallest absolute Gasteiger partial charge is 0.139 e. The molecule has 0 aliphatic carbocycles. The first-order valence-electron chi connectivity index (χ1n) is 7.73. The second-order valence-corrected chi connectivity index (χ2v) is 6.86.